The number of nitriles is 1. The van der Waals surface area contributed by atoms with Crippen LogP contribution in [0.5, 0.6) is 0 Å². The summed E-state index contributed by atoms with van der Waals surface area (Å²) in [6, 6.07) is 15.8. The van der Waals surface area contributed by atoms with Crippen LogP contribution in [0.15, 0.2) is 79.6 Å². The summed E-state index contributed by atoms with van der Waals surface area (Å²) in [5, 5.41) is 24.6. The Morgan fingerprint density at radius 1 is 0.909 bits per heavy atom. The van der Waals surface area contributed by atoms with Gasteiger partial charge in [-0.1, -0.05) is 30.3 Å². The van der Waals surface area contributed by atoms with E-state index in [1.54, 1.807) is 39.1 Å². The average molecular weight is 588 g/mol. The Morgan fingerprint density at radius 3 is 2.27 bits per heavy atom. The van der Waals surface area contributed by atoms with Crippen molar-refractivity contribution in [2.24, 2.45) is 14.1 Å². The lowest BCUT2D eigenvalue weighted by molar-refractivity contribution is 0.240. The summed E-state index contributed by atoms with van der Waals surface area (Å²) >= 11 is 0. The van der Waals surface area contributed by atoms with Gasteiger partial charge >= 0.3 is 6.03 Å². The lowest BCUT2D eigenvalue weighted by Gasteiger charge is -2.36. The standard InChI is InChI=1S/C32H33N11O/c1-41-20-25(18-37-41)23-8-13-29(34-16-23)43(32(44)36-15-22-6-4-3-5-7-22)28-11-9-27(10-12-28)39-31-35-17-24(14-33)30(40-31)26-19-38-42(2)21-26/h3-8,13,16-21,27-28H,9-12,15H2,1-2H3,(H,36,44)(H,35,39,40). The zero-order valence-electron chi connectivity index (χ0n) is 24.6. The van der Waals surface area contributed by atoms with Crippen LogP contribution in [0.3, 0.4) is 0 Å². The average Bonchev–Trinajstić information content (AvgIpc) is 3.70. The lowest BCUT2D eigenvalue weighted by atomic mass is 9.90. The molecule has 0 spiro atoms. The first-order chi connectivity index (χ1) is 21.5. The van der Waals surface area contributed by atoms with Crippen molar-refractivity contribution in [1.29, 1.82) is 5.26 Å². The summed E-state index contributed by atoms with van der Waals surface area (Å²) in [6.07, 6.45) is 13.8. The number of hydrogen-bond acceptors (Lipinski definition) is 8. The van der Waals surface area contributed by atoms with Crippen molar-refractivity contribution < 1.29 is 4.79 Å². The fourth-order valence-corrected chi connectivity index (χ4v) is 5.54. The smallest absolute Gasteiger partial charge is 0.323 e. The van der Waals surface area contributed by atoms with E-state index in [2.05, 4.69) is 36.9 Å². The van der Waals surface area contributed by atoms with Gasteiger partial charge in [0.2, 0.25) is 5.95 Å². The molecule has 0 unspecified atom stereocenters. The number of nitrogens with zero attached hydrogens (tertiary/aromatic N) is 9. The van der Waals surface area contributed by atoms with E-state index >= 15 is 0 Å². The second-order valence-corrected chi connectivity index (χ2v) is 10.9. The number of aromatic nitrogens is 7. The van der Waals surface area contributed by atoms with Gasteiger partial charge in [-0.15, -0.1) is 0 Å². The highest BCUT2D eigenvalue weighted by Gasteiger charge is 2.31. The van der Waals surface area contributed by atoms with Gasteiger partial charge in [0.25, 0.3) is 0 Å². The van der Waals surface area contributed by atoms with E-state index in [0.717, 1.165) is 47.9 Å². The van der Waals surface area contributed by atoms with Crippen LogP contribution < -0.4 is 15.5 Å². The van der Waals surface area contributed by atoms with Gasteiger partial charge in [0.05, 0.1) is 29.8 Å². The number of nitrogens with one attached hydrogen (secondary N) is 2. The van der Waals surface area contributed by atoms with Crippen LogP contribution in [0.25, 0.3) is 22.4 Å². The molecular weight excluding hydrogens is 554 g/mol. The van der Waals surface area contributed by atoms with Crippen LogP contribution in [0.1, 0.15) is 36.8 Å². The third kappa shape index (κ3) is 6.42. The first-order valence-electron chi connectivity index (χ1n) is 14.6. The van der Waals surface area contributed by atoms with Gasteiger partial charge in [-0.3, -0.25) is 14.3 Å². The minimum atomic E-state index is -0.177. The molecule has 12 heteroatoms. The molecule has 222 valence electrons. The molecule has 0 saturated heterocycles. The predicted molar refractivity (Wildman–Crippen MR) is 166 cm³/mol. The molecule has 6 rings (SSSR count). The molecule has 2 amide bonds. The van der Waals surface area contributed by atoms with Crippen LogP contribution in [-0.4, -0.2) is 52.6 Å². The number of urea groups is 1. The number of rotatable bonds is 8. The molecule has 1 aromatic carbocycles. The van der Waals surface area contributed by atoms with Crippen LogP contribution in [0, 0.1) is 11.3 Å². The van der Waals surface area contributed by atoms with E-state index in [9.17, 15) is 10.1 Å². The second-order valence-electron chi connectivity index (χ2n) is 10.9. The SMILES string of the molecule is Cn1cc(-c2ccc(N(C(=O)NCc3ccccc3)C3CCC(Nc4ncc(C#N)c(-c5cnn(C)c5)n4)CC3)nc2)cn1. The number of benzene rings is 1. The highest BCUT2D eigenvalue weighted by molar-refractivity contribution is 5.91. The summed E-state index contributed by atoms with van der Waals surface area (Å²) in [6.45, 7) is 0.427. The van der Waals surface area contributed by atoms with Gasteiger partial charge in [-0.25, -0.2) is 19.7 Å². The van der Waals surface area contributed by atoms with Gasteiger partial charge in [0, 0.05) is 68.0 Å². The number of hydrogen-bond donors (Lipinski definition) is 2. The first-order valence-corrected chi connectivity index (χ1v) is 14.6. The monoisotopic (exact) mass is 587 g/mol. The first kappa shape index (κ1) is 28.5. The fourth-order valence-electron chi connectivity index (χ4n) is 5.54. The molecule has 12 nitrogen and oxygen atoms in total. The number of aryl methyl sites for hydroxylation is 2. The zero-order chi connectivity index (χ0) is 30.5. The normalized spacial score (nSPS) is 16.2. The fraction of sp³-hybridized carbons (Fsp3) is 0.281. The number of anilines is 2. The van der Waals surface area contributed by atoms with E-state index in [-0.39, 0.29) is 18.1 Å². The Labute approximate surface area is 255 Å². The third-order valence-electron chi connectivity index (χ3n) is 7.82. The molecule has 4 aromatic heterocycles. The Morgan fingerprint density at radius 2 is 1.64 bits per heavy atom. The van der Waals surface area contributed by atoms with Gasteiger partial charge in [0.15, 0.2) is 0 Å². The van der Waals surface area contributed by atoms with Crippen LogP contribution in [-0.2, 0) is 20.6 Å². The van der Waals surface area contributed by atoms with Gasteiger partial charge in [-0.05, 0) is 43.4 Å². The summed E-state index contributed by atoms with van der Waals surface area (Å²) < 4.78 is 3.43. The van der Waals surface area contributed by atoms with E-state index in [1.165, 1.54) is 0 Å². The molecule has 0 atom stereocenters. The molecule has 1 aliphatic rings. The minimum absolute atomic E-state index is 0.0339. The van der Waals surface area contributed by atoms with Gasteiger partial charge in [-0.2, -0.15) is 15.5 Å². The molecule has 1 saturated carbocycles. The Balaban J connectivity index is 1.17. The quantitative estimate of drug-likeness (QED) is 0.266. The van der Waals surface area contributed by atoms with Crippen molar-refractivity contribution in [2.75, 3.05) is 10.2 Å². The number of pyridine rings is 1. The Bertz CT molecular complexity index is 1760. The molecule has 1 aliphatic carbocycles. The molecule has 5 aromatic rings. The predicted octanol–water partition coefficient (Wildman–Crippen LogP) is 4.68. The van der Waals surface area contributed by atoms with E-state index in [1.807, 2.05) is 69.0 Å². The van der Waals surface area contributed by atoms with Crippen molar-refractivity contribution in [3.8, 4) is 28.5 Å². The summed E-state index contributed by atoms with van der Waals surface area (Å²) in [5.41, 5.74) is 4.64. The number of amides is 2. The molecule has 0 radical (unpaired) electrons. The van der Waals surface area contributed by atoms with Crippen molar-refractivity contribution in [1.82, 2.24) is 39.8 Å². The van der Waals surface area contributed by atoms with Crippen molar-refractivity contribution in [2.45, 2.75) is 44.3 Å². The van der Waals surface area contributed by atoms with E-state index in [0.29, 0.717) is 29.6 Å². The maximum atomic E-state index is 13.7. The second kappa shape index (κ2) is 12.7. The van der Waals surface area contributed by atoms with Gasteiger partial charge < -0.3 is 10.6 Å². The van der Waals surface area contributed by atoms with Crippen molar-refractivity contribution in [3.05, 3.63) is 90.8 Å². The molecule has 0 aliphatic heterocycles. The van der Waals surface area contributed by atoms with E-state index in [4.69, 9.17) is 4.98 Å². The van der Waals surface area contributed by atoms with Crippen LogP contribution in [0.4, 0.5) is 16.6 Å². The molecule has 44 heavy (non-hydrogen) atoms. The maximum absolute atomic E-state index is 13.7. The molecule has 2 N–H and O–H groups in total. The zero-order valence-corrected chi connectivity index (χ0v) is 24.6. The summed E-state index contributed by atoms with van der Waals surface area (Å²) in [7, 11) is 3.70. The third-order valence-corrected chi connectivity index (χ3v) is 7.82. The molecule has 4 heterocycles. The van der Waals surface area contributed by atoms with Crippen molar-refractivity contribution >= 4 is 17.8 Å². The number of carbonyl (C=O) groups is 1. The van der Waals surface area contributed by atoms with Gasteiger partial charge in [0.1, 0.15) is 11.9 Å². The Hall–Kier alpha value is -5.57. The largest absolute Gasteiger partial charge is 0.351 e. The van der Waals surface area contributed by atoms with Crippen molar-refractivity contribution in [3.63, 3.8) is 0 Å². The highest BCUT2D eigenvalue weighted by Crippen LogP contribution is 2.30. The molecular formula is C32H33N11O. The summed E-state index contributed by atoms with van der Waals surface area (Å²) in [4.78, 5) is 29.2. The van der Waals surface area contributed by atoms with Crippen LogP contribution >= 0.6 is 0 Å². The van der Waals surface area contributed by atoms with E-state index < -0.39 is 0 Å². The van der Waals surface area contributed by atoms with Crippen LogP contribution in [0.2, 0.25) is 0 Å². The highest BCUT2D eigenvalue weighted by atomic mass is 16.2. The topological polar surface area (TPSA) is 142 Å². The minimum Gasteiger partial charge on any atom is -0.351 e. The summed E-state index contributed by atoms with van der Waals surface area (Å²) in [5.74, 6) is 1.08. The molecule has 0 bridgehead atoms. The number of carbonyl (C=O) groups excluding carboxylic acids is 1. The molecule has 1 fully saturated rings. The Kier molecular flexibility index (Phi) is 8.27. The lowest BCUT2D eigenvalue weighted by Crippen LogP contribution is -2.49. The maximum Gasteiger partial charge on any atom is 0.323 e.